The largest absolute Gasteiger partial charge is 0.370 e. The highest BCUT2D eigenvalue weighted by molar-refractivity contribution is 5.93. The number of nitrogens with one attached hydrogen (secondary N) is 1. The summed E-state index contributed by atoms with van der Waals surface area (Å²) >= 11 is 0. The quantitative estimate of drug-likeness (QED) is 0.489. The molecule has 0 spiro atoms. The minimum Gasteiger partial charge on any atom is -0.370 e. The Bertz CT molecular complexity index is 721. The van der Waals surface area contributed by atoms with Gasteiger partial charge in [-0.15, -0.1) is 0 Å². The fourth-order valence-electron chi connectivity index (χ4n) is 2.70. The van der Waals surface area contributed by atoms with E-state index in [0.29, 0.717) is 5.69 Å². The van der Waals surface area contributed by atoms with Gasteiger partial charge in [0.15, 0.2) is 5.96 Å². The Morgan fingerprint density at radius 1 is 1.05 bits per heavy atom. The molecule has 0 saturated carbocycles. The maximum Gasteiger partial charge on any atom is 0.223 e. The molecule has 1 heterocycles. The summed E-state index contributed by atoms with van der Waals surface area (Å²) in [5.41, 5.74) is 21.5. The zero-order valence-corrected chi connectivity index (χ0v) is 12.2. The topological polar surface area (TPSA) is 131 Å². The van der Waals surface area contributed by atoms with Gasteiger partial charge in [-0.1, -0.05) is 12.1 Å². The summed E-state index contributed by atoms with van der Waals surface area (Å²) in [6, 6.07) is 7.70. The number of guanidine groups is 2. The van der Waals surface area contributed by atoms with E-state index < -0.39 is 0 Å². The fraction of sp³-hybridized carbons (Fsp3) is 0.267. The molecule has 114 valence electrons. The van der Waals surface area contributed by atoms with Crippen LogP contribution < -0.4 is 17.2 Å². The van der Waals surface area contributed by atoms with Gasteiger partial charge in [0.1, 0.15) is 0 Å². The number of fused-ring (bicyclic) bond motifs is 1. The van der Waals surface area contributed by atoms with Crippen LogP contribution in [0.2, 0.25) is 0 Å². The second-order valence-corrected chi connectivity index (χ2v) is 5.29. The maximum absolute atomic E-state index is 5.62. The minimum absolute atomic E-state index is 0.0323. The van der Waals surface area contributed by atoms with Crippen molar-refractivity contribution in [3.8, 4) is 11.3 Å². The SMILES string of the molecule is NC(N)=NC(N)=Nc1ccc(-c2n[nH]c3c2CCCC3)cc1. The molecule has 0 atom stereocenters. The Kier molecular flexibility index (Phi) is 3.78. The van der Waals surface area contributed by atoms with Crippen LogP contribution in [0.3, 0.4) is 0 Å². The van der Waals surface area contributed by atoms with E-state index in [0.717, 1.165) is 24.1 Å². The van der Waals surface area contributed by atoms with E-state index in [9.17, 15) is 0 Å². The zero-order valence-electron chi connectivity index (χ0n) is 12.2. The molecule has 7 heteroatoms. The first-order chi connectivity index (χ1) is 10.6. The molecule has 3 rings (SSSR count). The summed E-state index contributed by atoms with van der Waals surface area (Å²) in [5, 5.41) is 7.61. The third-order valence-electron chi connectivity index (χ3n) is 3.68. The predicted molar refractivity (Wildman–Crippen MR) is 87.8 cm³/mol. The van der Waals surface area contributed by atoms with Crippen LogP contribution in [-0.4, -0.2) is 22.1 Å². The smallest absolute Gasteiger partial charge is 0.223 e. The molecule has 7 nitrogen and oxygen atoms in total. The molecule has 0 aliphatic heterocycles. The van der Waals surface area contributed by atoms with Gasteiger partial charge < -0.3 is 17.2 Å². The van der Waals surface area contributed by atoms with Crippen molar-refractivity contribution in [3.05, 3.63) is 35.5 Å². The summed E-state index contributed by atoms with van der Waals surface area (Å²) in [7, 11) is 0. The lowest BCUT2D eigenvalue weighted by atomic mass is 9.94. The van der Waals surface area contributed by atoms with Crippen molar-refractivity contribution >= 4 is 17.6 Å². The Balaban J connectivity index is 1.86. The van der Waals surface area contributed by atoms with E-state index in [2.05, 4.69) is 20.2 Å². The van der Waals surface area contributed by atoms with Crippen LogP contribution in [0.15, 0.2) is 34.3 Å². The van der Waals surface area contributed by atoms with Crippen LogP contribution in [0.1, 0.15) is 24.1 Å². The number of aromatic nitrogens is 2. The molecule has 1 aliphatic carbocycles. The summed E-state index contributed by atoms with van der Waals surface area (Å²) in [5.74, 6) is -0.0779. The number of aryl methyl sites for hydroxylation is 1. The van der Waals surface area contributed by atoms with Crippen molar-refractivity contribution in [1.82, 2.24) is 10.2 Å². The van der Waals surface area contributed by atoms with Gasteiger partial charge in [-0.25, -0.2) is 4.99 Å². The van der Waals surface area contributed by atoms with E-state index in [-0.39, 0.29) is 11.9 Å². The van der Waals surface area contributed by atoms with Crippen molar-refractivity contribution in [2.24, 2.45) is 27.2 Å². The van der Waals surface area contributed by atoms with Crippen LogP contribution in [0.4, 0.5) is 5.69 Å². The van der Waals surface area contributed by atoms with E-state index >= 15 is 0 Å². The van der Waals surface area contributed by atoms with Gasteiger partial charge in [-0.3, -0.25) is 5.10 Å². The third-order valence-corrected chi connectivity index (χ3v) is 3.68. The Labute approximate surface area is 128 Å². The standard InChI is InChI=1S/C15H19N7/c16-14(17)20-15(18)19-10-7-5-9(6-8-10)13-11-3-1-2-4-12(11)21-22-13/h5-8H,1-4H2,(H,21,22)(H6,16,17,18,19,20). The van der Waals surface area contributed by atoms with Crippen molar-refractivity contribution in [2.75, 3.05) is 0 Å². The van der Waals surface area contributed by atoms with Crippen molar-refractivity contribution in [1.29, 1.82) is 0 Å². The summed E-state index contributed by atoms with van der Waals surface area (Å²) in [4.78, 5) is 7.81. The summed E-state index contributed by atoms with van der Waals surface area (Å²) < 4.78 is 0. The summed E-state index contributed by atoms with van der Waals surface area (Å²) in [6.07, 6.45) is 4.61. The highest BCUT2D eigenvalue weighted by Crippen LogP contribution is 2.30. The van der Waals surface area contributed by atoms with Crippen molar-refractivity contribution < 1.29 is 0 Å². The van der Waals surface area contributed by atoms with Gasteiger partial charge in [0.05, 0.1) is 11.4 Å². The fourth-order valence-corrected chi connectivity index (χ4v) is 2.70. The molecule has 1 aliphatic rings. The molecule has 22 heavy (non-hydrogen) atoms. The van der Waals surface area contributed by atoms with E-state index in [1.165, 1.54) is 24.1 Å². The molecule has 2 aromatic rings. The Hall–Kier alpha value is -2.83. The number of H-pyrrole nitrogens is 1. The van der Waals surface area contributed by atoms with Crippen LogP contribution >= 0.6 is 0 Å². The zero-order chi connectivity index (χ0) is 15.5. The molecule has 0 radical (unpaired) electrons. The highest BCUT2D eigenvalue weighted by atomic mass is 15.1. The third kappa shape index (κ3) is 2.93. The van der Waals surface area contributed by atoms with E-state index in [1.54, 1.807) is 0 Å². The minimum atomic E-state index is -0.110. The number of aliphatic imine (C=N–C) groups is 2. The predicted octanol–water partition coefficient (Wildman–Crippen LogP) is 1.18. The van der Waals surface area contributed by atoms with Crippen LogP contribution in [0.25, 0.3) is 11.3 Å². The molecule has 0 bridgehead atoms. The first-order valence-electron chi connectivity index (χ1n) is 7.24. The number of aromatic amines is 1. The first-order valence-corrected chi connectivity index (χ1v) is 7.24. The lowest BCUT2D eigenvalue weighted by Crippen LogP contribution is -2.26. The van der Waals surface area contributed by atoms with E-state index in [1.807, 2.05) is 24.3 Å². The second-order valence-electron chi connectivity index (χ2n) is 5.29. The van der Waals surface area contributed by atoms with Gasteiger partial charge in [0, 0.05) is 16.8 Å². The van der Waals surface area contributed by atoms with Crippen LogP contribution in [0.5, 0.6) is 0 Å². The lowest BCUT2D eigenvalue weighted by molar-refractivity contribution is 0.675. The molecule has 0 unspecified atom stereocenters. The molecule has 0 saturated heterocycles. The average Bonchev–Trinajstić information content (AvgIpc) is 2.91. The number of rotatable bonds is 2. The molecule has 1 aromatic heterocycles. The number of nitrogens with zero attached hydrogens (tertiary/aromatic N) is 3. The van der Waals surface area contributed by atoms with E-state index in [4.69, 9.17) is 17.2 Å². The Morgan fingerprint density at radius 3 is 2.50 bits per heavy atom. The number of nitrogens with two attached hydrogens (primary N) is 3. The number of hydrogen-bond donors (Lipinski definition) is 4. The van der Waals surface area contributed by atoms with Gasteiger partial charge in [-0.05, 0) is 37.8 Å². The van der Waals surface area contributed by atoms with Gasteiger partial charge >= 0.3 is 0 Å². The number of benzene rings is 1. The maximum atomic E-state index is 5.62. The van der Waals surface area contributed by atoms with Crippen molar-refractivity contribution in [2.45, 2.75) is 25.7 Å². The van der Waals surface area contributed by atoms with Gasteiger partial charge in [0.2, 0.25) is 5.96 Å². The lowest BCUT2D eigenvalue weighted by Gasteiger charge is -2.11. The van der Waals surface area contributed by atoms with Crippen LogP contribution in [0, 0.1) is 0 Å². The first kappa shape index (κ1) is 14.1. The molecular weight excluding hydrogens is 278 g/mol. The number of hydrogen-bond acceptors (Lipinski definition) is 2. The van der Waals surface area contributed by atoms with Crippen molar-refractivity contribution in [3.63, 3.8) is 0 Å². The van der Waals surface area contributed by atoms with Gasteiger partial charge in [-0.2, -0.15) is 10.1 Å². The molecule has 0 fully saturated rings. The highest BCUT2D eigenvalue weighted by Gasteiger charge is 2.17. The molecule has 0 amide bonds. The second kappa shape index (κ2) is 5.88. The molecule has 7 N–H and O–H groups in total. The normalized spacial score (nSPS) is 14.5. The van der Waals surface area contributed by atoms with Gasteiger partial charge in [0.25, 0.3) is 0 Å². The summed E-state index contributed by atoms with van der Waals surface area (Å²) in [6.45, 7) is 0. The molecular formula is C15H19N7. The molecule has 1 aromatic carbocycles. The average molecular weight is 297 g/mol. The monoisotopic (exact) mass is 297 g/mol. The van der Waals surface area contributed by atoms with Crippen LogP contribution in [-0.2, 0) is 12.8 Å². The Morgan fingerprint density at radius 2 is 1.77 bits per heavy atom.